The lowest BCUT2D eigenvalue weighted by molar-refractivity contribution is -0.0766. The molecule has 0 aromatic carbocycles. The van der Waals surface area contributed by atoms with Gasteiger partial charge in [0.1, 0.15) is 0 Å². The van der Waals surface area contributed by atoms with E-state index < -0.39 is 8.80 Å². The summed E-state index contributed by atoms with van der Waals surface area (Å²) in [6.45, 7) is 22.9. The van der Waals surface area contributed by atoms with Gasteiger partial charge in [-0.2, -0.15) is 0 Å². The van der Waals surface area contributed by atoms with Gasteiger partial charge in [0.05, 0.1) is 16.8 Å². The summed E-state index contributed by atoms with van der Waals surface area (Å²) < 4.78 is 19.1. The average molecular weight is 305 g/mol. The van der Waals surface area contributed by atoms with Crippen LogP contribution in [0.5, 0.6) is 0 Å². The Morgan fingerprint density at radius 3 is 1.05 bits per heavy atom. The molecular formula is C16H36O3Si. The van der Waals surface area contributed by atoms with Crippen molar-refractivity contribution in [1.82, 2.24) is 0 Å². The summed E-state index contributed by atoms with van der Waals surface area (Å²) in [6, 6.07) is 0.832. The molecule has 122 valence electrons. The zero-order valence-electron chi connectivity index (χ0n) is 15.5. The molecule has 0 aliphatic rings. The van der Waals surface area contributed by atoms with Crippen molar-refractivity contribution < 1.29 is 13.3 Å². The fourth-order valence-corrected chi connectivity index (χ4v) is 6.26. The first-order valence-electron chi connectivity index (χ1n) is 7.64. The fourth-order valence-electron chi connectivity index (χ4n) is 2.09. The standard InChI is InChI=1S/C16H36O3Si/c1-13(2)12-20(17-14(3,4)5,18-15(6,7)8)19-16(9,10)11/h13H,12H2,1-11H3. The van der Waals surface area contributed by atoms with Crippen LogP contribution in [0.1, 0.15) is 76.2 Å². The molecule has 0 unspecified atom stereocenters. The maximum atomic E-state index is 6.38. The highest BCUT2D eigenvalue weighted by Crippen LogP contribution is 2.33. The minimum absolute atomic E-state index is 0.280. The molecular weight excluding hydrogens is 268 g/mol. The molecule has 0 saturated heterocycles. The van der Waals surface area contributed by atoms with Crippen LogP contribution >= 0.6 is 0 Å². The van der Waals surface area contributed by atoms with Gasteiger partial charge in [0.25, 0.3) is 0 Å². The van der Waals surface area contributed by atoms with Crippen LogP contribution in [0, 0.1) is 5.92 Å². The second-order valence-electron chi connectivity index (χ2n) is 8.92. The molecule has 3 nitrogen and oxygen atoms in total. The number of hydrogen-bond donors (Lipinski definition) is 0. The van der Waals surface area contributed by atoms with Crippen LogP contribution in [0.3, 0.4) is 0 Å². The van der Waals surface area contributed by atoms with Crippen molar-refractivity contribution in [2.45, 2.75) is 99.0 Å². The van der Waals surface area contributed by atoms with Crippen molar-refractivity contribution in [3.8, 4) is 0 Å². The van der Waals surface area contributed by atoms with E-state index in [2.05, 4.69) is 76.2 Å². The fraction of sp³-hybridized carbons (Fsp3) is 1.00. The van der Waals surface area contributed by atoms with Gasteiger partial charge in [-0.05, 0) is 68.2 Å². The van der Waals surface area contributed by atoms with E-state index in [1.807, 2.05) is 0 Å². The lowest BCUT2D eigenvalue weighted by Gasteiger charge is -2.43. The van der Waals surface area contributed by atoms with E-state index in [-0.39, 0.29) is 16.8 Å². The Kier molecular flexibility index (Phi) is 6.50. The van der Waals surface area contributed by atoms with Crippen LogP contribution < -0.4 is 0 Å². The minimum atomic E-state index is -2.76. The summed E-state index contributed by atoms with van der Waals surface area (Å²) in [7, 11) is -2.76. The maximum absolute atomic E-state index is 6.38. The van der Waals surface area contributed by atoms with Gasteiger partial charge in [0.15, 0.2) is 0 Å². The van der Waals surface area contributed by atoms with Crippen LogP contribution in [0.15, 0.2) is 0 Å². The highest BCUT2D eigenvalue weighted by molar-refractivity contribution is 6.61. The number of hydrogen-bond acceptors (Lipinski definition) is 3. The van der Waals surface area contributed by atoms with Crippen LogP contribution in [0.4, 0.5) is 0 Å². The Bertz CT molecular complexity index is 252. The zero-order valence-corrected chi connectivity index (χ0v) is 16.5. The molecule has 4 heteroatoms. The highest BCUT2D eigenvalue weighted by atomic mass is 28.4. The third-order valence-corrected chi connectivity index (χ3v) is 6.13. The van der Waals surface area contributed by atoms with Gasteiger partial charge in [0.2, 0.25) is 0 Å². The third kappa shape index (κ3) is 9.92. The first-order chi connectivity index (χ1) is 8.54. The van der Waals surface area contributed by atoms with E-state index in [4.69, 9.17) is 13.3 Å². The van der Waals surface area contributed by atoms with Crippen molar-refractivity contribution >= 4 is 8.80 Å². The van der Waals surface area contributed by atoms with Crippen molar-refractivity contribution in [3.63, 3.8) is 0 Å². The molecule has 0 saturated carbocycles. The molecule has 0 aromatic heterocycles. The topological polar surface area (TPSA) is 27.7 Å². The zero-order chi connectivity index (χ0) is 16.4. The molecule has 0 aliphatic carbocycles. The van der Waals surface area contributed by atoms with E-state index in [1.165, 1.54) is 0 Å². The first-order valence-corrected chi connectivity index (χ1v) is 9.57. The predicted molar refractivity (Wildman–Crippen MR) is 87.9 cm³/mol. The van der Waals surface area contributed by atoms with Gasteiger partial charge < -0.3 is 13.3 Å². The summed E-state index contributed by atoms with van der Waals surface area (Å²) >= 11 is 0. The summed E-state index contributed by atoms with van der Waals surface area (Å²) in [5.74, 6) is 0.466. The predicted octanol–water partition coefficient (Wildman–Crippen LogP) is 5.03. The van der Waals surface area contributed by atoms with Gasteiger partial charge in [-0.15, -0.1) is 0 Å². The summed E-state index contributed by atoms with van der Waals surface area (Å²) in [6.07, 6.45) is 0. The summed E-state index contributed by atoms with van der Waals surface area (Å²) in [5, 5.41) is 0. The second kappa shape index (κ2) is 6.47. The summed E-state index contributed by atoms with van der Waals surface area (Å²) in [4.78, 5) is 0. The number of rotatable bonds is 5. The van der Waals surface area contributed by atoms with Crippen molar-refractivity contribution in [2.24, 2.45) is 5.92 Å². The third-order valence-electron chi connectivity index (χ3n) is 2.04. The largest absolute Gasteiger partial charge is 0.502 e. The lowest BCUT2D eigenvalue weighted by atomic mass is 10.2. The minimum Gasteiger partial charge on any atom is -0.368 e. The monoisotopic (exact) mass is 304 g/mol. The van der Waals surface area contributed by atoms with Gasteiger partial charge in [-0.25, -0.2) is 0 Å². The quantitative estimate of drug-likeness (QED) is 0.667. The van der Waals surface area contributed by atoms with Gasteiger partial charge in [-0.1, -0.05) is 13.8 Å². The van der Waals surface area contributed by atoms with Crippen LogP contribution in [0.25, 0.3) is 0 Å². The lowest BCUT2D eigenvalue weighted by Crippen LogP contribution is -2.57. The smallest absolute Gasteiger partial charge is 0.368 e. The average Bonchev–Trinajstić information content (AvgIpc) is 1.86. The Hall–Kier alpha value is 0.0969. The van der Waals surface area contributed by atoms with Crippen LogP contribution in [-0.2, 0) is 13.3 Å². The van der Waals surface area contributed by atoms with Crippen molar-refractivity contribution in [2.75, 3.05) is 0 Å². The molecule has 0 aliphatic heterocycles. The molecule has 0 fully saturated rings. The van der Waals surface area contributed by atoms with Crippen molar-refractivity contribution in [3.05, 3.63) is 0 Å². The van der Waals surface area contributed by atoms with Crippen LogP contribution in [0.2, 0.25) is 6.04 Å². The SMILES string of the molecule is CC(C)C[Si](OC(C)(C)C)(OC(C)(C)C)OC(C)(C)C. The molecule has 0 atom stereocenters. The molecule has 0 rings (SSSR count). The van der Waals surface area contributed by atoms with E-state index in [1.54, 1.807) is 0 Å². The molecule has 0 N–H and O–H groups in total. The Morgan fingerprint density at radius 2 is 0.900 bits per heavy atom. The van der Waals surface area contributed by atoms with Crippen molar-refractivity contribution in [1.29, 1.82) is 0 Å². The van der Waals surface area contributed by atoms with Gasteiger partial charge >= 0.3 is 8.80 Å². The molecule has 0 spiro atoms. The maximum Gasteiger partial charge on any atom is 0.502 e. The molecule has 0 aromatic rings. The van der Waals surface area contributed by atoms with Gasteiger partial charge in [-0.3, -0.25) is 0 Å². The molecule has 0 amide bonds. The van der Waals surface area contributed by atoms with E-state index >= 15 is 0 Å². The van der Waals surface area contributed by atoms with E-state index in [9.17, 15) is 0 Å². The normalized spacial score (nSPS) is 15.0. The highest BCUT2D eigenvalue weighted by Gasteiger charge is 2.50. The molecule has 0 heterocycles. The molecule has 20 heavy (non-hydrogen) atoms. The first kappa shape index (κ1) is 20.1. The van der Waals surface area contributed by atoms with Crippen LogP contribution in [-0.4, -0.2) is 25.6 Å². The van der Waals surface area contributed by atoms with E-state index in [0.29, 0.717) is 5.92 Å². The molecule has 0 bridgehead atoms. The molecule has 0 radical (unpaired) electrons. The second-order valence-corrected chi connectivity index (χ2v) is 11.3. The Balaban J connectivity index is 5.50. The van der Waals surface area contributed by atoms with E-state index in [0.717, 1.165) is 6.04 Å². The summed E-state index contributed by atoms with van der Waals surface area (Å²) in [5.41, 5.74) is -0.840. The Morgan fingerprint density at radius 1 is 0.650 bits per heavy atom. The Labute approximate surface area is 127 Å². The van der Waals surface area contributed by atoms with Gasteiger partial charge in [0, 0.05) is 6.04 Å².